The molecule has 0 aliphatic carbocycles. The zero-order valence-electron chi connectivity index (χ0n) is 19.0. The van der Waals surface area contributed by atoms with Gasteiger partial charge in [-0.3, -0.25) is 9.98 Å². The molecule has 0 spiro atoms. The summed E-state index contributed by atoms with van der Waals surface area (Å²) in [6.07, 6.45) is 17.5. The summed E-state index contributed by atoms with van der Waals surface area (Å²) in [6, 6.07) is 4.44. The van der Waals surface area contributed by atoms with E-state index < -0.39 is 0 Å². The van der Waals surface area contributed by atoms with Crippen molar-refractivity contribution in [2.75, 3.05) is 0 Å². The standard InChI is InChI=1S/C27H32N4/c1-5-20-16-30-26(24(20)7-3)12-22-10-18(14-28-22)9-19-11-23(29-15-19)13-27-25(8-4)21(6-2)17-31-27/h10-17,28-29H,5-9H2,1-4H3. The molecule has 0 fully saturated rings. The Morgan fingerprint density at radius 2 is 1.13 bits per heavy atom. The lowest BCUT2D eigenvalue weighted by Gasteiger charge is -2.02. The van der Waals surface area contributed by atoms with E-state index in [1.807, 2.05) is 12.4 Å². The Kier molecular flexibility index (Phi) is 6.36. The molecule has 0 aromatic carbocycles. The van der Waals surface area contributed by atoms with Gasteiger partial charge in [-0.2, -0.15) is 0 Å². The van der Waals surface area contributed by atoms with E-state index in [0.29, 0.717) is 0 Å². The molecule has 0 unspecified atom stereocenters. The highest BCUT2D eigenvalue weighted by Gasteiger charge is 2.14. The minimum atomic E-state index is 0.888. The molecule has 31 heavy (non-hydrogen) atoms. The zero-order valence-corrected chi connectivity index (χ0v) is 19.0. The minimum Gasteiger partial charge on any atom is -0.361 e. The van der Waals surface area contributed by atoms with E-state index in [9.17, 15) is 0 Å². The summed E-state index contributed by atoms with van der Waals surface area (Å²) in [4.78, 5) is 16.0. The van der Waals surface area contributed by atoms with E-state index in [2.05, 4.69) is 84.3 Å². The second-order valence-electron chi connectivity index (χ2n) is 8.10. The number of rotatable bonds is 8. The number of nitrogens with zero attached hydrogens (tertiary/aromatic N) is 2. The third-order valence-corrected chi connectivity index (χ3v) is 6.10. The maximum Gasteiger partial charge on any atom is 0.0685 e. The Labute approximate surface area is 185 Å². The molecule has 0 radical (unpaired) electrons. The van der Waals surface area contributed by atoms with Crippen molar-refractivity contribution in [2.45, 2.75) is 59.8 Å². The van der Waals surface area contributed by atoms with Crippen LogP contribution >= 0.6 is 0 Å². The van der Waals surface area contributed by atoms with Gasteiger partial charge in [-0.1, -0.05) is 27.7 Å². The molecule has 4 heteroatoms. The molecule has 2 aromatic rings. The SMILES string of the molecule is CCC1=C(CC)C(=Cc2cc(Cc3c[nH]c(C=C4N=CC(CC)=C4CC)c3)c[nH]2)N=C1. The number of aliphatic imine (C=N–C) groups is 2. The van der Waals surface area contributed by atoms with Gasteiger partial charge in [-0.05, 0) is 83.4 Å². The van der Waals surface area contributed by atoms with Gasteiger partial charge in [-0.25, -0.2) is 0 Å². The molecule has 4 rings (SSSR count). The van der Waals surface area contributed by atoms with Crippen molar-refractivity contribution in [1.29, 1.82) is 0 Å². The molecular weight excluding hydrogens is 380 g/mol. The molecular formula is C27H32N4. The highest BCUT2D eigenvalue weighted by atomic mass is 14.8. The maximum absolute atomic E-state index is 4.62. The van der Waals surface area contributed by atoms with E-state index in [4.69, 9.17) is 0 Å². The van der Waals surface area contributed by atoms with Crippen LogP contribution in [0, 0.1) is 0 Å². The van der Waals surface area contributed by atoms with Gasteiger partial charge in [-0.15, -0.1) is 0 Å². The van der Waals surface area contributed by atoms with Crippen LogP contribution in [0.1, 0.15) is 75.9 Å². The number of hydrogen-bond donors (Lipinski definition) is 2. The average Bonchev–Trinajstić information content (AvgIpc) is 3.56. The zero-order chi connectivity index (χ0) is 21.8. The molecule has 4 nitrogen and oxygen atoms in total. The van der Waals surface area contributed by atoms with Gasteiger partial charge < -0.3 is 9.97 Å². The Bertz CT molecular complexity index is 1050. The first-order chi connectivity index (χ1) is 15.1. The van der Waals surface area contributed by atoms with E-state index >= 15 is 0 Å². The molecule has 2 aliphatic heterocycles. The first kappa shape index (κ1) is 21.1. The summed E-state index contributed by atoms with van der Waals surface area (Å²) >= 11 is 0. The number of H-pyrrole nitrogens is 2. The monoisotopic (exact) mass is 412 g/mol. The first-order valence-electron chi connectivity index (χ1n) is 11.5. The van der Waals surface area contributed by atoms with Crippen LogP contribution in [0.5, 0.6) is 0 Å². The van der Waals surface area contributed by atoms with Gasteiger partial charge in [0.2, 0.25) is 0 Å². The summed E-state index contributed by atoms with van der Waals surface area (Å²) < 4.78 is 0. The van der Waals surface area contributed by atoms with Crippen LogP contribution < -0.4 is 0 Å². The van der Waals surface area contributed by atoms with Gasteiger partial charge in [0.1, 0.15) is 0 Å². The van der Waals surface area contributed by atoms with Crippen LogP contribution in [0.3, 0.4) is 0 Å². The summed E-state index contributed by atoms with van der Waals surface area (Å²) in [5.41, 5.74) is 12.4. The summed E-state index contributed by atoms with van der Waals surface area (Å²) in [5.74, 6) is 0. The quantitative estimate of drug-likeness (QED) is 0.468. The molecule has 4 heterocycles. The number of hydrogen-bond acceptors (Lipinski definition) is 2. The molecule has 0 saturated heterocycles. The fourth-order valence-electron chi connectivity index (χ4n) is 4.43. The number of aromatic amines is 2. The lowest BCUT2D eigenvalue weighted by molar-refractivity contribution is 1.06. The summed E-state index contributed by atoms with van der Waals surface area (Å²) in [5, 5.41) is 0. The molecule has 0 bridgehead atoms. The van der Waals surface area contributed by atoms with Crippen molar-refractivity contribution in [3.8, 4) is 0 Å². The second kappa shape index (κ2) is 9.34. The second-order valence-corrected chi connectivity index (χ2v) is 8.10. The topological polar surface area (TPSA) is 56.3 Å². The molecule has 2 aliphatic rings. The smallest absolute Gasteiger partial charge is 0.0685 e. The number of allylic oxidation sites excluding steroid dienone is 4. The lowest BCUT2D eigenvalue weighted by Crippen LogP contribution is -1.86. The van der Waals surface area contributed by atoms with E-state index in [0.717, 1.165) is 54.9 Å². The lowest BCUT2D eigenvalue weighted by atomic mass is 10.0. The maximum atomic E-state index is 4.62. The predicted octanol–water partition coefficient (Wildman–Crippen LogP) is 7.02. The van der Waals surface area contributed by atoms with Gasteiger partial charge in [0.25, 0.3) is 0 Å². The van der Waals surface area contributed by atoms with Gasteiger partial charge in [0, 0.05) is 42.6 Å². The van der Waals surface area contributed by atoms with Crippen molar-refractivity contribution in [2.24, 2.45) is 9.98 Å². The Morgan fingerprint density at radius 3 is 1.52 bits per heavy atom. The van der Waals surface area contributed by atoms with Crippen molar-refractivity contribution >= 4 is 24.6 Å². The minimum absolute atomic E-state index is 0.888. The molecule has 0 saturated carbocycles. The summed E-state index contributed by atoms with van der Waals surface area (Å²) in [7, 11) is 0. The normalized spacial score (nSPS) is 18.6. The molecule has 160 valence electrons. The summed E-state index contributed by atoms with van der Waals surface area (Å²) in [6.45, 7) is 8.78. The largest absolute Gasteiger partial charge is 0.361 e. The van der Waals surface area contributed by atoms with Crippen LogP contribution in [0.25, 0.3) is 12.2 Å². The Balaban J connectivity index is 1.47. The van der Waals surface area contributed by atoms with Crippen LogP contribution in [-0.4, -0.2) is 22.4 Å². The van der Waals surface area contributed by atoms with Crippen LogP contribution in [0.4, 0.5) is 0 Å². The van der Waals surface area contributed by atoms with Crippen molar-refractivity contribution in [3.05, 3.63) is 80.7 Å². The van der Waals surface area contributed by atoms with Crippen LogP contribution in [-0.2, 0) is 6.42 Å². The average molecular weight is 413 g/mol. The number of nitrogens with one attached hydrogen (secondary N) is 2. The molecule has 0 atom stereocenters. The molecule has 2 N–H and O–H groups in total. The van der Waals surface area contributed by atoms with Gasteiger partial charge in [0.05, 0.1) is 11.4 Å². The predicted molar refractivity (Wildman–Crippen MR) is 133 cm³/mol. The van der Waals surface area contributed by atoms with Crippen molar-refractivity contribution in [1.82, 2.24) is 9.97 Å². The molecule has 0 amide bonds. The third kappa shape index (κ3) is 4.48. The number of aromatic nitrogens is 2. The first-order valence-corrected chi connectivity index (χ1v) is 11.5. The van der Waals surface area contributed by atoms with E-state index in [1.54, 1.807) is 0 Å². The van der Waals surface area contributed by atoms with Crippen molar-refractivity contribution in [3.63, 3.8) is 0 Å². The highest BCUT2D eigenvalue weighted by molar-refractivity contribution is 5.88. The fourth-order valence-corrected chi connectivity index (χ4v) is 4.43. The van der Waals surface area contributed by atoms with E-state index in [-0.39, 0.29) is 0 Å². The van der Waals surface area contributed by atoms with Crippen LogP contribution in [0.2, 0.25) is 0 Å². The van der Waals surface area contributed by atoms with Crippen LogP contribution in [0.15, 0.2) is 68.2 Å². The van der Waals surface area contributed by atoms with Gasteiger partial charge >= 0.3 is 0 Å². The highest BCUT2D eigenvalue weighted by Crippen LogP contribution is 2.29. The molecule has 2 aromatic heterocycles. The van der Waals surface area contributed by atoms with E-state index in [1.165, 1.54) is 33.4 Å². The Morgan fingerprint density at radius 1 is 0.677 bits per heavy atom. The third-order valence-electron chi connectivity index (χ3n) is 6.10. The Hall–Kier alpha value is -3.14. The fraction of sp³-hybridized carbons (Fsp3) is 0.333. The van der Waals surface area contributed by atoms with Gasteiger partial charge in [0.15, 0.2) is 0 Å². The van der Waals surface area contributed by atoms with Crippen molar-refractivity contribution < 1.29 is 0 Å².